The van der Waals surface area contributed by atoms with Crippen molar-refractivity contribution >= 4 is 5.91 Å². The lowest BCUT2D eigenvalue weighted by molar-refractivity contribution is 0.00258. The first-order valence-electron chi connectivity index (χ1n) is 6.81. The first kappa shape index (κ1) is 11.7. The summed E-state index contributed by atoms with van der Waals surface area (Å²) < 4.78 is 0. The fraction of sp³-hybridized carbons (Fsp3) is 0.533. The molecule has 2 fully saturated rings. The van der Waals surface area contributed by atoms with Gasteiger partial charge in [-0.1, -0.05) is 24.6 Å². The summed E-state index contributed by atoms with van der Waals surface area (Å²) in [5.74, 6) is 0.422. The molecule has 3 atom stereocenters. The average molecular weight is 245 g/mol. The second-order valence-corrected chi connectivity index (χ2v) is 5.38. The smallest absolute Gasteiger partial charge is 0.254 e. The Bertz CT molecular complexity index is 431. The van der Waals surface area contributed by atoms with Crippen molar-refractivity contribution in [3.63, 3.8) is 0 Å². The molecule has 1 N–H and O–H groups in total. The van der Waals surface area contributed by atoms with E-state index >= 15 is 0 Å². The molecule has 1 aliphatic carbocycles. The summed E-state index contributed by atoms with van der Waals surface area (Å²) in [6.45, 7) is 0.691. The maximum atomic E-state index is 12.5. The van der Waals surface area contributed by atoms with Crippen LogP contribution < -0.4 is 0 Å². The van der Waals surface area contributed by atoms with Gasteiger partial charge in [-0.15, -0.1) is 0 Å². The van der Waals surface area contributed by atoms with E-state index in [1.807, 2.05) is 35.2 Å². The van der Waals surface area contributed by atoms with Crippen LogP contribution >= 0.6 is 0 Å². The van der Waals surface area contributed by atoms with Gasteiger partial charge in [0.1, 0.15) is 0 Å². The summed E-state index contributed by atoms with van der Waals surface area (Å²) in [5, 5.41) is 10.0. The highest BCUT2D eigenvalue weighted by molar-refractivity contribution is 5.94. The van der Waals surface area contributed by atoms with Crippen LogP contribution in [0.4, 0.5) is 0 Å². The third-order valence-electron chi connectivity index (χ3n) is 4.37. The lowest BCUT2D eigenvalue weighted by Crippen LogP contribution is -2.51. The van der Waals surface area contributed by atoms with Crippen molar-refractivity contribution in [3.05, 3.63) is 35.9 Å². The molecule has 1 heterocycles. The number of likely N-dealkylation sites (tertiary alicyclic amines) is 1. The lowest BCUT2D eigenvalue weighted by atomic mass is 9.88. The minimum atomic E-state index is -0.211. The third kappa shape index (κ3) is 1.93. The van der Waals surface area contributed by atoms with Gasteiger partial charge in [0.25, 0.3) is 5.91 Å². The normalized spacial score (nSPS) is 31.2. The van der Waals surface area contributed by atoms with Crippen LogP contribution in [-0.4, -0.2) is 34.6 Å². The number of piperidine rings is 1. The van der Waals surface area contributed by atoms with E-state index in [2.05, 4.69) is 0 Å². The van der Waals surface area contributed by atoms with Crippen molar-refractivity contribution in [2.75, 3.05) is 6.54 Å². The van der Waals surface area contributed by atoms with Crippen LogP contribution in [0.1, 0.15) is 36.0 Å². The van der Waals surface area contributed by atoms with Gasteiger partial charge in [0.05, 0.1) is 6.10 Å². The molecule has 96 valence electrons. The molecule has 1 amide bonds. The van der Waals surface area contributed by atoms with Crippen LogP contribution in [0.5, 0.6) is 0 Å². The van der Waals surface area contributed by atoms with E-state index in [0.29, 0.717) is 12.5 Å². The molecule has 3 nitrogen and oxygen atoms in total. The maximum absolute atomic E-state index is 12.5. The number of benzene rings is 1. The summed E-state index contributed by atoms with van der Waals surface area (Å²) in [4.78, 5) is 14.5. The number of hydrogen-bond donors (Lipinski definition) is 1. The minimum absolute atomic E-state index is 0.124. The topological polar surface area (TPSA) is 40.5 Å². The molecule has 2 aliphatic rings. The molecule has 1 aromatic rings. The highest BCUT2D eigenvalue weighted by atomic mass is 16.3. The SMILES string of the molecule is O=C(c1ccccc1)N1CCC(O)C2CCCC21. The molecule has 1 saturated carbocycles. The van der Waals surface area contributed by atoms with Crippen LogP contribution in [0.25, 0.3) is 0 Å². The Morgan fingerprint density at radius 1 is 1.17 bits per heavy atom. The lowest BCUT2D eigenvalue weighted by Gasteiger charge is -2.40. The van der Waals surface area contributed by atoms with Gasteiger partial charge in [0, 0.05) is 24.1 Å². The number of hydrogen-bond acceptors (Lipinski definition) is 2. The summed E-state index contributed by atoms with van der Waals surface area (Å²) in [6, 6.07) is 9.72. The van der Waals surface area contributed by atoms with Crippen molar-refractivity contribution in [1.82, 2.24) is 4.90 Å². The van der Waals surface area contributed by atoms with Crippen LogP contribution in [0.3, 0.4) is 0 Å². The molecule has 18 heavy (non-hydrogen) atoms. The van der Waals surface area contributed by atoms with Gasteiger partial charge in [-0.2, -0.15) is 0 Å². The molecule has 0 aromatic heterocycles. The fourth-order valence-electron chi connectivity index (χ4n) is 3.45. The number of aliphatic hydroxyl groups is 1. The van der Waals surface area contributed by atoms with E-state index in [1.165, 1.54) is 0 Å². The van der Waals surface area contributed by atoms with Crippen molar-refractivity contribution in [1.29, 1.82) is 0 Å². The molecule has 1 aromatic carbocycles. The Labute approximate surface area is 107 Å². The third-order valence-corrected chi connectivity index (χ3v) is 4.37. The minimum Gasteiger partial charge on any atom is -0.393 e. The highest BCUT2D eigenvalue weighted by Gasteiger charge is 2.42. The second-order valence-electron chi connectivity index (χ2n) is 5.38. The number of rotatable bonds is 1. The molecule has 0 bridgehead atoms. The van der Waals surface area contributed by atoms with Crippen LogP contribution in [0, 0.1) is 5.92 Å². The quantitative estimate of drug-likeness (QED) is 0.822. The molecule has 1 aliphatic heterocycles. The maximum Gasteiger partial charge on any atom is 0.254 e. The summed E-state index contributed by atoms with van der Waals surface area (Å²) in [7, 11) is 0. The number of amides is 1. The number of aliphatic hydroxyl groups excluding tert-OH is 1. The monoisotopic (exact) mass is 245 g/mol. The van der Waals surface area contributed by atoms with Gasteiger partial charge in [0.2, 0.25) is 0 Å². The van der Waals surface area contributed by atoms with Gasteiger partial charge in [-0.05, 0) is 31.4 Å². The van der Waals surface area contributed by atoms with Crippen LogP contribution in [0.2, 0.25) is 0 Å². The Morgan fingerprint density at radius 2 is 1.94 bits per heavy atom. The van der Waals surface area contributed by atoms with E-state index in [4.69, 9.17) is 0 Å². The van der Waals surface area contributed by atoms with E-state index < -0.39 is 0 Å². The molecule has 0 spiro atoms. The first-order valence-corrected chi connectivity index (χ1v) is 6.81. The zero-order valence-electron chi connectivity index (χ0n) is 10.5. The van der Waals surface area contributed by atoms with Crippen LogP contribution in [-0.2, 0) is 0 Å². The van der Waals surface area contributed by atoms with Gasteiger partial charge in [0.15, 0.2) is 0 Å². The molecule has 3 unspecified atom stereocenters. The number of carbonyl (C=O) groups excluding carboxylic acids is 1. The van der Waals surface area contributed by atoms with Crippen molar-refractivity contribution < 1.29 is 9.90 Å². The van der Waals surface area contributed by atoms with Crippen LogP contribution in [0.15, 0.2) is 30.3 Å². The fourth-order valence-corrected chi connectivity index (χ4v) is 3.45. The summed E-state index contributed by atoms with van der Waals surface area (Å²) >= 11 is 0. The van der Waals surface area contributed by atoms with Gasteiger partial charge >= 0.3 is 0 Å². The predicted octanol–water partition coefficient (Wildman–Crippen LogP) is 2.06. The Kier molecular flexibility index (Phi) is 3.08. The van der Waals surface area contributed by atoms with E-state index in [0.717, 1.165) is 31.2 Å². The number of nitrogens with zero attached hydrogens (tertiary/aromatic N) is 1. The number of fused-ring (bicyclic) bond motifs is 1. The zero-order valence-corrected chi connectivity index (χ0v) is 10.5. The van der Waals surface area contributed by atoms with E-state index in [-0.39, 0.29) is 18.1 Å². The van der Waals surface area contributed by atoms with Gasteiger partial charge in [-0.25, -0.2) is 0 Å². The van der Waals surface area contributed by atoms with Crippen molar-refractivity contribution in [2.45, 2.75) is 37.8 Å². The summed E-state index contributed by atoms with van der Waals surface area (Å²) in [6.07, 6.45) is 3.74. The molecule has 3 heteroatoms. The highest BCUT2D eigenvalue weighted by Crippen LogP contribution is 2.37. The predicted molar refractivity (Wildman–Crippen MR) is 69.2 cm³/mol. The zero-order chi connectivity index (χ0) is 12.5. The van der Waals surface area contributed by atoms with Gasteiger partial charge in [-0.3, -0.25) is 4.79 Å². The van der Waals surface area contributed by atoms with Gasteiger partial charge < -0.3 is 10.0 Å². The molecule has 0 radical (unpaired) electrons. The summed E-state index contributed by atoms with van der Waals surface area (Å²) in [5.41, 5.74) is 0.763. The largest absolute Gasteiger partial charge is 0.393 e. The molecular weight excluding hydrogens is 226 g/mol. The second kappa shape index (κ2) is 4.73. The molecular formula is C15H19NO2. The molecule has 1 saturated heterocycles. The average Bonchev–Trinajstić information content (AvgIpc) is 2.90. The first-order chi connectivity index (χ1) is 8.77. The van der Waals surface area contributed by atoms with E-state index in [9.17, 15) is 9.90 Å². The van der Waals surface area contributed by atoms with Crippen molar-refractivity contribution in [3.8, 4) is 0 Å². The standard InChI is InChI=1S/C15H19NO2/c17-14-9-10-16(13-8-4-7-12(13)14)15(18)11-5-2-1-3-6-11/h1-3,5-6,12-14,17H,4,7-10H2. The Balaban J connectivity index is 1.82. The molecule has 3 rings (SSSR count). The Hall–Kier alpha value is -1.35. The number of carbonyl (C=O) groups is 1. The van der Waals surface area contributed by atoms with Crippen molar-refractivity contribution in [2.24, 2.45) is 5.92 Å². The van der Waals surface area contributed by atoms with E-state index in [1.54, 1.807) is 0 Å². The Morgan fingerprint density at radius 3 is 2.72 bits per heavy atom.